The van der Waals surface area contributed by atoms with E-state index in [4.69, 9.17) is 12.2 Å². The number of hydrogen-bond acceptors (Lipinski definition) is 3. The third kappa shape index (κ3) is 2.45. The van der Waals surface area contributed by atoms with Gasteiger partial charge in [-0.3, -0.25) is 14.7 Å². The van der Waals surface area contributed by atoms with E-state index in [2.05, 4.69) is 10.3 Å². The van der Waals surface area contributed by atoms with Gasteiger partial charge in [-0.1, -0.05) is 24.3 Å². The Morgan fingerprint density at radius 3 is 2.83 bits per heavy atom. The van der Waals surface area contributed by atoms with Gasteiger partial charge in [-0.2, -0.15) is 0 Å². The molecule has 1 saturated heterocycles. The van der Waals surface area contributed by atoms with Gasteiger partial charge in [-0.15, -0.1) is 0 Å². The minimum atomic E-state index is -0.455. The molecular formula is C18H13N3OS. The molecule has 1 N–H and O–H groups in total. The summed E-state index contributed by atoms with van der Waals surface area (Å²) < 4.78 is 0. The average Bonchev–Trinajstić information content (AvgIpc) is 3.13. The van der Waals surface area contributed by atoms with Crippen LogP contribution in [-0.2, 0) is 4.79 Å². The molecule has 1 amide bonds. The van der Waals surface area contributed by atoms with Crippen LogP contribution < -0.4 is 20.8 Å². The molecule has 23 heavy (non-hydrogen) atoms. The summed E-state index contributed by atoms with van der Waals surface area (Å²) in [6.07, 6.45) is 5.63. The van der Waals surface area contributed by atoms with E-state index < -0.39 is 6.04 Å². The highest BCUT2D eigenvalue weighted by molar-refractivity contribution is 7.80. The molecule has 112 valence electrons. The number of hydrogen-bond donors (Lipinski definition) is 1. The Hall–Kier alpha value is -2.79. The number of benzene rings is 2. The molecule has 0 aromatic heterocycles. The van der Waals surface area contributed by atoms with Crippen molar-refractivity contribution in [3.05, 3.63) is 70.9 Å². The first-order chi connectivity index (χ1) is 11.2. The standard InChI is InChI=1S/C18H13N3OS/c22-17-16(11-12-6-7-15-13(10-12)8-9-19-15)20-18(23)21(17)14-4-2-1-3-5-14/h1-11,16H,(H,20,23). The van der Waals surface area contributed by atoms with Gasteiger partial charge in [0.05, 0.1) is 11.0 Å². The predicted octanol–water partition coefficient (Wildman–Crippen LogP) is 1.36. The molecule has 2 aliphatic rings. The molecule has 1 unspecified atom stereocenters. The molecular weight excluding hydrogens is 306 g/mol. The van der Waals surface area contributed by atoms with Gasteiger partial charge in [-0.25, -0.2) is 0 Å². The van der Waals surface area contributed by atoms with Crippen molar-refractivity contribution in [2.24, 2.45) is 4.99 Å². The van der Waals surface area contributed by atoms with Crippen LogP contribution in [0.15, 0.2) is 59.7 Å². The topological polar surface area (TPSA) is 44.7 Å². The van der Waals surface area contributed by atoms with Crippen LogP contribution in [0.5, 0.6) is 0 Å². The molecule has 4 nitrogen and oxygen atoms in total. The second kappa shape index (κ2) is 5.44. The zero-order valence-corrected chi connectivity index (χ0v) is 13.0. The van der Waals surface area contributed by atoms with E-state index in [0.717, 1.165) is 21.8 Å². The summed E-state index contributed by atoms with van der Waals surface area (Å²) >= 11 is 5.32. The minimum absolute atomic E-state index is 0.0677. The van der Waals surface area contributed by atoms with Gasteiger partial charge in [-0.05, 0) is 53.9 Å². The number of rotatable bonds is 2. The van der Waals surface area contributed by atoms with Gasteiger partial charge in [0.15, 0.2) is 5.11 Å². The van der Waals surface area contributed by atoms with Crippen LogP contribution >= 0.6 is 12.2 Å². The van der Waals surface area contributed by atoms with E-state index in [1.54, 1.807) is 11.1 Å². The van der Waals surface area contributed by atoms with E-state index in [0.29, 0.717) is 5.11 Å². The van der Waals surface area contributed by atoms with E-state index in [9.17, 15) is 4.79 Å². The third-order valence-corrected chi connectivity index (χ3v) is 4.16. The Morgan fingerprint density at radius 2 is 2.00 bits per heavy atom. The summed E-state index contributed by atoms with van der Waals surface area (Å²) in [7, 11) is 0. The van der Waals surface area contributed by atoms with Crippen LogP contribution in [0, 0.1) is 0 Å². The molecule has 1 fully saturated rings. The molecule has 2 aliphatic heterocycles. The number of para-hydroxylation sites is 1. The molecule has 4 rings (SSSR count). The molecule has 0 saturated carbocycles. The minimum Gasteiger partial charge on any atom is -0.347 e. The number of thiocarbonyl (C=S) groups is 1. The molecule has 0 bridgehead atoms. The molecule has 2 aromatic carbocycles. The fourth-order valence-electron chi connectivity index (χ4n) is 2.75. The fraction of sp³-hybridized carbons (Fsp3) is 0.0556. The molecule has 5 heteroatoms. The lowest BCUT2D eigenvalue weighted by molar-refractivity contribution is -0.117. The highest BCUT2D eigenvalue weighted by Crippen LogP contribution is 2.19. The van der Waals surface area contributed by atoms with E-state index in [1.807, 2.05) is 60.7 Å². The summed E-state index contributed by atoms with van der Waals surface area (Å²) in [6.45, 7) is 0. The monoisotopic (exact) mass is 319 g/mol. The molecule has 2 aromatic rings. The SMILES string of the molecule is O=C1C(C=c2ccc3c(c2)C=CN=3)NC(=S)N1c1ccccc1. The lowest BCUT2D eigenvalue weighted by atomic mass is 10.1. The summed E-state index contributed by atoms with van der Waals surface area (Å²) in [6, 6.07) is 14.9. The van der Waals surface area contributed by atoms with Crippen molar-refractivity contribution in [2.45, 2.75) is 6.04 Å². The van der Waals surface area contributed by atoms with Crippen molar-refractivity contribution in [3.8, 4) is 0 Å². The normalized spacial score (nSPS) is 19.7. The zero-order chi connectivity index (χ0) is 15.8. The number of nitrogens with zero attached hydrogens (tertiary/aromatic N) is 2. The van der Waals surface area contributed by atoms with Crippen LogP contribution in [0.1, 0.15) is 5.56 Å². The Kier molecular flexibility index (Phi) is 3.28. The Balaban J connectivity index is 1.68. The summed E-state index contributed by atoms with van der Waals surface area (Å²) in [4.78, 5) is 18.5. The van der Waals surface area contributed by atoms with Crippen LogP contribution in [0.2, 0.25) is 0 Å². The van der Waals surface area contributed by atoms with Crippen molar-refractivity contribution in [1.29, 1.82) is 0 Å². The maximum atomic E-state index is 12.7. The largest absolute Gasteiger partial charge is 0.347 e. The van der Waals surface area contributed by atoms with Crippen molar-refractivity contribution in [2.75, 3.05) is 4.90 Å². The fourth-order valence-corrected chi connectivity index (χ4v) is 3.07. The lowest BCUT2D eigenvalue weighted by Gasteiger charge is -2.14. The van der Waals surface area contributed by atoms with Crippen LogP contribution in [0.3, 0.4) is 0 Å². The zero-order valence-electron chi connectivity index (χ0n) is 12.1. The molecule has 2 heterocycles. The van der Waals surface area contributed by atoms with E-state index in [-0.39, 0.29) is 5.91 Å². The third-order valence-electron chi connectivity index (χ3n) is 3.86. The second-order valence-corrected chi connectivity index (χ2v) is 5.75. The number of carbonyl (C=O) groups excluding carboxylic acids is 1. The van der Waals surface area contributed by atoms with Crippen molar-refractivity contribution >= 4 is 41.1 Å². The number of carbonyl (C=O) groups is 1. The summed E-state index contributed by atoms with van der Waals surface area (Å²) in [5.74, 6) is -0.0677. The highest BCUT2D eigenvalue weighted by atomic mass is 32.1. The van der Waals surface area contributed by atoms with E-state index in [1.165, 1.54) is 0 Å². The van der Waals surface area contributed by atoms with Gasteiger partial charge < -0.3 is 5.32 Å². The van der Waals surface area contributed by atoms with Gasteiger partial charge in [0.25, 0.3) is 5.91 Å². The second-order valence-electron chi connectivity index (χ2n) is 5.37. The van der Waals surface area contributed by atoms with Gasteiger partial charge in [0, 0.05) is 11.8 Å². The first kappa shape index (κ1) is 13.8. The Labute approximate surface area is 138 Å². The number of nitrogens with one attached hydrogen (secondary N) is 1. The van der Waals surface area contributed by atoms with Crippen LogP contribution in [0.25, 0.3) is 12.2 Å². The van der Waals surface area contributed by atoms with E-state index >= 15 is 0 Å². The Bertz CT molecular complexity index is 950. The summed E-state index contributed by atoms with van der Waals surface area (Å²) in [5, 5.41) is 5.43. The summed E-state index contributed by atoms with van der Waals surface area (Å²) in [5.41, 5.74) is 1.84. The maximum absolute atomic E-state index is 12.7. The van der Waals surface area contributed by atoms with Gasteiger partial charge in [0.1, 0.15) is 6.04 Å². The van der Waals surface area contributed by atoms with Crippen LogP contribution in [0.4, 0.5) is 5.69 Å². The van der Waals surface area contributed by atoms with Crippen molar-refractivity contribution in [1.82, 2.24) is 5.32 Å². The predicted molar refractivity (Wildman–Crippen MR) is 94.2 cm³/mol. The lowest BCUT2D eigenvalue weighted by Crippen LogP contribution is -2.31. The van der Waals surface area contributed by atoms with Crippen molar-refractivity contribution in [3.63, 3.8) is 0 Å². The van der Waals surface area contributed by atoms with Gasteiger partial charge >= 0.3 is 0 Å². The number of fused-ring (bicyclic) bond motifs is 1. The van der Waals surface area contributed by atoms with Crippen molar-refractivity contribution < 1.29 is 4.79 Å². The van der Waals surface area contributed by atoms with Crippen LogP contribution in [-0.4, -0.2) is 17.1 Å². The average molecular weight is 319 g/mol. The first-order valence-corrected chi connectivity index (χ1v) is 7.69. The number of anilines is 1. The maximum Gasteiger partial charge on any atom is 0.259 e. The van der Waals surface area contributed by atoms with Gasteiger partial charge in [0.2, 0.25) is 0 Å². The molecule has 0 radical (unpaired) electrons. The molecule has 1 atom stereocenters. The smallest absolute Gasteiger partial charge is 0.259 e. The molecule has 0 spiro atoms. The molecule has 0 aliphatic carbocycles. The quantitative estimate of drug-likeness (QED) is 0.850. The Morgan fingerprint density at radius 1 is 1.17 bits per heavy atom. The first-order valence-electron chi connectivity index (χ1n) is 7.28. The number of amides is 1. The highest BCUT2D eigenvalue weighted by Gasteiger charge is 2.34.